The lowest BCUT2D eigenvalue weighted by Gasteiger charge is -2.26. The molecular formula is C12H24NO3PS. The highest BCUT2D eigenvalue weighted by atomic mass is 32.2. The van der Waals surface area contributed by atoms with E-state index in [-0.39, 0.29) is 12.4 Å². The summed E-state index contributed by atoms with van der Waals surface area (Å²) in [6.07, 6.45) is -0.103. The molecule has 0 aliphatic rings. The van der Waals surface area contributed by atoms with E-state index in [4.69, 9.17) is 11.8 Å². The first-order valence-corrected chi connectivity index (χ1v) is 8.84. The van der Waals surface area contributed by atoms with Crippen molar-refractivity contribution in [2.24, 2.45) is 11.1 Å². The molecule has 0 saturated carbocycles. The zero-order chi connectivity index (χ0) is 14.9. The van der Waals surface area contributed by atoms with Crippen molar-refractivity contribution in [3.05, 3.63) is 0 Å². The van der Waals surface area contributed by atoms with E-state index in [0.717, 1.165) is 20.5 Å². The Hall–Kier alpha value is -0.280. The Labute approximate surface area is 117 Å². The number of rotatable bonds is 10. The van der Waals surface area contributed by atoms with Crippen LogP contribution in [0.25, 0.3) is 0 Å². The van der Waals surface area contributed by atoms with E-state index < -0.39 is 17.7 Å². The van der Waals surface area contributed by atoms with Gasteiger partial charge in [0.15, 0.2) is 0 Å². The second kappa shape index (κ2) is 9.62. The predicted octanol–water partition coefficient (Wildman–Crippen LogP) is 1.86. The zero-order valence-electron chi connectivity index (χ0n) is 12.3. The molecule has 0 bridgehead atoms. The van der Waals surface area contributed by atoms with Gasteiger partial charge in [-0.15, -0.1) is 8.58 Å². The molecule has 0 heterocycles. The molecular weight excluding hydrogens is 269 g/mol. The maximum Gasteiger partial charge on any atom is 0.312 e. The average Bonchev–Trinajstić information content (AvgIpc) is 2.36. The monoisotopic (exact) mass is 295 g/mol. The Balaban J connectivity index is 4.64. The molecule has 0 aliphatic heterocycles. The summed E-state index contributed by atoms with van der Waals surface area (Å²) in [7, 11) is 0.740. The number of primary amides is 1. The number of nitrogens with two attached hydrogens (primary N) is 1. The summed E-state index contributed by atoms with van der Waals surface area (Å²) in [5.41, 5.74) is 4.29. The number of hydrogen-bond donors (Lipinski definition) is 1. The van der Waals surface area contributed by atoms with E-state index in [0.29, 0.717) is 12.4 Å². The summed E-state index contributed by atoms with van der Waals surface area (Å²) < 4.78 is 12.9. The first kappa shape index (κ1) is 15.8. The molecule has 0 radical (unpaired) electrons. The van der Waals surface area contributed by atoms with Gasteiger partial charge < -0.3 is 10.5 Å². The summed E-state index contributed by atoms with van der Waals surface area (Å²) in [4.78, 5) is 23.1. The molecule has 3 unspecified atom stereocenters. The molecule has 2 N–H and O–H groups in total. The molecule has 3 atom stereocenters. The SMILES string of the molecule is [3H]C(CC(C)(CSCC)C(=O)OCCPC)C(N)=O. The maximum absolute atomic E-state index is 12.1. The van der Waals surface area contributed by atoms with Crippen LogP contribution in [0.1, 0.15) is 28.0 Å². The van der Waals surface area contributed by atoms with Crippen molar-refractivity contribution < 1.29 is 15.7 Å². The zero-order valence-corrected chi connectivity index (χ0v) is 13.1. The van der Waals surface area contributed by atoms with E-state index in [1.54, 1.807) is 18.7 Å². The van der Waals surface area contributed by atoms with Crippen molar-refractivity contribution in [2.75, 3.05) is 30.9 Å². The number of ether oxygens (including phenoxy) is 1. The van der Waals surface area contributed by atoms with Crippen LogP contribution in [0.4, 0.5) is 0 Å². The molecule has 6 heteroatoms. The minimum atomic E-state index is -1.07. The van der Waals surface area contributed by atoms with Gasteiger partial charge in [0.05, 0.1) is 12.0 Å². The standard InChI is InChI=1S/C12H24NO3PS/c1-4-18-9-12(2,6-5-10(13)14)11(15)16-7-8-17-3/h17H,4-9H2,1-3H3,(H2,13,14)/i5T. The Morgan fingerprint density at radius 1 is 1.56 bits per heavy atom. The van der Waals surface area contributed by atoms with Gasteiger partial charge in [0.1, 0.15) is 0 Å². The molecule has 1 amide bonds. The minimum Gasteiger partial charge on any atom is -0.465 e. The van der Waals surface area contributed by atoms with Crippen LogP contribution in [0, 0.1) is 5.41 Å². The van der Waals surface area contributed by atoms with Gasteiger partial charge >= 0.3 is 5.97 Å². The largest absolute Gasteiger partial charge is 0.465 e. The molecule has 0 rings (SSSR count). The number of esters is 1. The molecule has 0 aromatic carbocycles. The van der Waals surface area contributed by atoms with Crippen molar-refractivity contribution in [3.63, 3.8) is 0 Å². The predicted molar refractivity (Wildman–Crippen MR) is 79.6 cm³/mol. The van der Waals surface area contributed by atoms with Gasteiger partial charge in [-0.3, -0.25) is 9.59 Å². The number of amides is 1. The molecule has 18 heavy (non-hydrogen) atoms. The molecule has 106 valence electrons. The van der Waals surface area contributed by atoms with Gasteiger partial charge in [-0.25, -0.2) is 0 Å². The Morgan fingerprint density at radius 3 is 2.72 bits per heavy atom. The molecule has 4 nitrogen and oxygen atoms in total. The van der Waals surface area contributed by atoms with Crippen molar-refractivity contribution in [1.29, 1.82) is 0 Å². The van der Waals surface area contributed by atoms with Gasteiger partial charge in [-0.2, -0.15) is 11.8 Å². The van der Waals surface area contributed by atoms with Crippen molar-refractivity contribution in [1.82, 2.24) is 0 Å². The van der Waals surface area contributed by atoms with E-state index in [2.05, 4.69) is 0 Å². The van der Waals surface area contributed by atoms with Crippen molar-refractivity contribution in [3.8, 4) is 0 Å². The summed E-state index contributed by atoms with van der Waals surface area (Å²) >= 11 is 1.60. The third-order valence-corrected chi connectivity index (χ3v) is 4.41. The Bertz CT molecular complexity index is 307. The minimum absolute atomic E-state index is 0.114. The van der Waals surface area contributed by atoms with Crippen molar-refractivity contribution in [2.45, 2.75) is 26.7 Å². The maximum atomic E-state index is 12.1. The second-order valence-corrected chi connectivity index (χ2v) is 6.73. The van der Waals surface area contributed by atoms with Crippen LogP contribution >= 0.6 is 20.3 Å². The van der Waals surface area contributed by atoms with Crippen LogP contribution in [0.5, 0.6) is 0 Å². The summed E-state index contributed by atoms with van der Waals surface area (Å²) in [5, 5.41) is 0. The Kier molecular flexibility index (Phi) is 8.44. The Morgan fingerprint density at radius 2 is 2.22 bits per heavy atom. The lowest BCUT2D eigenvalue weighted by molar-refractivity contribution is -0.153. The highest BCUT2D eigenvalue weighted by Gasteiger charge is 2.34. The molecule has 0 aromatic heterocycles. The number of carbonyl (C=O) groups excluding carboxylic acids is 2. The summed E-state index contributed by atoms with van der Waals surface area (Å²) in [6.45, 7) is 6.20. The topological polar surface area (TPSA) is 69.4 Å². The summed E-state index contributed by atoms with van der Waals surface area (Å²) in [5.74, 6) is 0.387. The lowest BCUT2D eigenvalue weighted by atomic mass is 9.87. The van der Waals surface area contributed by atoms with Crippen LogP contribution in [-0.4, -0.2) is 42.8 Å². The van der Waals surface area contributed by atoms with Gasteiger partial charge in [0, 0.05) is 13.5 Å². The van der Waals surface area contributed by atoms with Crippen LogP contribution in [0.15, 0.2) is 0 Å². The fourth-order valence-corrected chi connectivity index (χ4v) is 2.47. The molecule has 0 aromatic rings. The number of hydrogen-bond acceptors (Lipinski definition) is 4. The fraction of sp³-hybridized carbons (Fsp3) is 0.833. The second-order valence-electron chi connectivity index (χ2n) is 4.25. The fourth-order valence-electron chi connectivity index (χ4n) is 1.27. The third-order valence-electron chi connectivity index (χ3n) is 2.46. The van der Waals surface area contributed by atoms with E-state index in [9.17, 15) is 9.59 Å². The molecule has 0 aliphatic carbocycles. The quantitative estimate of drug-likeness (QED) is 0.379. The van der Waals surface area contributed by atoms with Gasteiger partial charge in [-0.1, -0.05) is 6.92 Å². The highest BCUT2D eigenvalue weighted by Crippen LogP contribution is 2.30. The van der Waals surface area contributed by atoms with E-state index in [1.807, 2.05) is 13.6 Å². The van der Waals surface area contributed by atoms with Crippen molar-refractivity contribution >= 4 is 32.2 Å². The van der Waals surface area contributed by atoms with Crippen LogP contribution in [-0.2, 0) is 14.3 Å². The highest BCUT2D eigenvalue weighted by molar-refractivity contribution is 7.99. The van der Waals surface area contributed by atoms with Gasteiger partial charge in [0.2, 0.25) is 5.91 Å². The average molecular weight is 295 g/mol. The number of carbonyl (C=O) groups is 2. The van der Waals surface area contributed by atoms with Crippen LogP contribution < -0.4 is 5.73 Å². The van der Waals surface area contributed by atoms with Gasteiger partial charge in [-0.05, 0) is 31.9 Å². The molecule has 0 fully saturated rings. The first-order chi connectivity index (χ1) is 8.87. The van der Waals surface area contributed by atoms with Gasteiger partial charge in [0.25, 0.3) is 0 Å². The normalized spacial score (nSPS) is 17.2. The van der Waals surface area contributed by atoms with E-state index in [1.165, 1.54) is 0 Å². The molecule has 0 saturated heterocycles. The first-order valence-electron chi connectivity index (χ1n) is 6.56. The smallest absolute Gasteiger partial charge is 0.312 e. The molecule has 0 spiro atoms. The number of thioether (sulfide) groups is 1. The van der Waals surface area contributed by atoms with Crippen LogP contribution in [0.3, 0.4) is 0 Å². The third kappa shape index (κ3) is 7.22. The summed E-state index contributed by atoms with van der Waals surface area (Å²) in [6, 6.07) is 0. The lowest BCUT2D eigenvalue weighted by Crippen LogP contribution is -2.34. The van der Waals surface area contributed by atoms with Crippen LogP contribution in [0.2, 0.25) is 0 Å². The van der Waals surface area contributed by atoms with E-state index >= 15 is 0 Å².